The highest BCUT2D eigenvalue weighted by Gasteiger charge is 2.41. The van der Waals surface area contributed by atoms with Crippen LogP contribution in [0.4, 0.5) is 11.4 Å². The Balaban J connectivity index is 2.23. The summed E-state index contributed by atoms with van der Waals surface area (Å²) in [5.74, 6) is -2.03. The topological polar surface area (TPSA) is 221 Å². The van der Waals surface area contributed by atoms with Gasteiger partial charge >= 0.3 is 0 Å². The molecule has 0 unspecified atom stereocenters. The van der Waals surface area contributed by atoms with E-state index in [-0.39, 0.29) is 28.8 Å². The first kappa shape index (κ1) is 24.5. The molecule has 8 N–H and O–H groups in total. The van der Waals surface area contributed by atoms with E-state index in [0.29, 0.717) is 5.56 Å². The molecule has 0 atom stereocenters. The van der Waals surface area contributed by atoms with E-state index in [1.807, 2.05) is 0 Å². The maximum absolute atomic E-state index is 13.6. The molecule has 0 aromatic heterocycles. The Hall–Kier alpha value is -3.62. The number of aryl methyl sites for hydroxylation is 1. The second-order valence-corrected chi connectivity index (χ2v) is 10.7. The van der Waals surface area contributed by atoms with Crippen LogP contribution in [0.25, 0.3) is 11.1 Å². The number of carbonyl (C=O) groups is 2. The lowest BCUT2D eigenvalue weighted by Crippen LogP contribution is -2.27. The van der Waals surface area contributed by atoms with E-state index in [1.165, 1.54) is 12.1 Å². The van der Waals surface area contributed by atoms with Crippen molar-refractivity contribution in [1.29, 1.82) is 0 Å². The zero-order valence-electron chi connectivity index (χ0n) is 18.1. The molecule has 0 heterocycles. The number of hydrogen-bond acceptors (Lipinski definition) is 9. The van der Waals surface area contributed by atoms with E-state index in [2.05, 4.69) is 0 Å². The Morgan fingerprint density at radius 2 is 1.43 bits per heavy atom. The smallest absolute Gasteiger partial charge is 0.298 e. The van der Waals surface area contributed by atoms with Crippen molar-refractivity contribution in [2.75, 3.05) is 11.5 Å². The van der Waals surface area contributed by atoms with Gasteiger partial charge in [-0.15, -0.1) is 0 Å². The number of ketones is 2. The summed E-state index contributed by atoms with van der Waals surface area (Å²) in [6.07, 6.45) is 0. The van der Waals surface area contributed by atoms with Gasteiger partial charge in [0.05, 0.1) is 22.5 Å². The van der Waals surface area contributed by atoms with Gasteiger partial charge in [-0.1, -0.05) is 24.3 Å². The second kappa shape index (κ2) is 7.96. The minimum atomic E-state index is -5.11. The first-order valence-electron chi connectivity index (χ1n) is 9.92. The Morgan fingerprint density at radius 1 is 0.800 bits per heavy atom. The van der Waals surface area contributed by atoms with Crippen molar-refractivity contribution in [2.24, 2.45) is 5.73 Å². The van der Waals surface area contributed by atoms with E-state index in [4.69, 9.17) is 17.2 Å². The van der Waals surface area contributed by atoms with Gasteiger partial charge in [-0.25, -0.2) is 0 Å². The Kier molecular flexibility index (Phi) is 5.58. The van der Waals surface area contributed by atoms with E-state index in [1.54, 1.807) is 19.1 Å². The van der Waals surface area contributed by atoms with Gasteiger partial charge in [-0.05, 0) is 35.7 Å². The van der Waals surface area contributed by atoms with Gasteiger partial charge in [0.1, 0.15) is 9.79 Å². The van der Waals surface area contributed by atoms with Crippen LogP contribution in [-0.4, -0.2) is 37.5 Å². The fraction of sp³-hybridized carbons (Fsp3) is 0.0909. The van der Waals surface area contributed by atoms with Crippen LogP contribution in [0.15, 0.2) is 46.2 Å². The van der Waals surface area contributed by atoms with Gasteiger partial charge in [0.2, 0.25) is 0 Å². The van der Waals surface area contributed by atoms with Crippen molar-refractivity contribution >= 4 is 43.2 Å². The summed E-state index contributed by atoms with van der Waals surface area (Å²) in [5.41, 5.74) is 15.8. The number of carbonyl (C=O) groups excluding carboxylic acids is 2. The Morgan fingerprint density at radius 3 is 2.00 bits per heavy atom. The molecule has 182 valence electrons. The van der Waals surface area contributed by atoms with E-state index >= 15 is 0 Å². The number of rotatable bonds is 4. The SMILES string of the molecule is Cc1ccc(-c2c(N)c(S(=O)(=O)O)c(N)c3c2C(=O)c2cccc(S(=O)(=O)O)c2C3=O)cc1CN. The quantitative estimate of drug-likeness (QED) is 0.193. The molecule has 11 nitrogen and oxygen atoms in total. The fourth-order valence-electron chi connectivity index (χ4n) is 4.28. The molecule has 0 saturated heterocycles. The van der Waals surface area contributed by atoms with Crippen molar-refractivity contribution in [3.05, 3.63) is 69.8 Å². The third-order valence-corrected chi connectivity index (χ3v) is 7.73. The molecular weight excluding hydrogens is 498 g/mol. The molecule has 0 amide bonds. The van der Waals surface area contributed by atoms with Crippen LogP contribution in [0, 0.1) is 6.92 Å². The van der Waals surface area contributed by atoms with Crippen LogP contribution < -0.4 is 17.2 Å². The number of anilines is 2. The minimum absolute atomic E-state index is 0.0926. The van der Waals surface area contributed by atoms with Crippen LogP contribution in [-0.2, 0) is 26.8 Å². The lowest BCUT2D eigenvalue weighted by Gasteiger charge is -2.26. The molecule has 35 heavy (non-hydrogen) atoms. The number of nitrogen functional groups attached to an aromatic ring is 2. The average molecular weight is 518 g/mol. The molecule has 1 aliphatic carbocycles. The summed E-state index contributed by atoms with van der Waals surface area (Å²) in [5, 5.41) is 0. The summed E-state index contributed by atoms with van der Waals surface area (Å²) in [7, 11) is -10.1. The molecule has 0 radical (unpaired) electrons. The normalized spacial score (nSPS) is 13.5. The first-order valence-corrected chi connectivity index (χ1v) is 12.8. The van der Waals surface area contributed by atoms with Gasteiger partial charge in [-0.2, -0.15) is 16.8 Å². The minimum Gasteiger partial charge on any atom is -0.397 e. The van der Waals surface area contributed by atoms with Crippen molar-refractivity contribution in [2.45, 2.75) is 23.3 Å². The predicted octanol–water partition coefficient (Wildman–Crippen LogP) is 1.55. The van der Waals surface area contributed by atoms with Crippen molar-refractivity contribution in [1.82, 2.24) is 0 Å². The largest absolute Gasteiger partial charge is 0.397 e. The van der Waals surface area contributed by atoms with Gasteiger partial charge in [0, 0.05) is 23.2 Å². The molecule has 1 aliphatic rings. The molecule has 0 saturated carbocycles. The molecule has 0 fully saturated rings. The van der Waals surface area contributed by atoms with Crippen molar-refractivity contribution < 1.29 is 35.5 Å². The molecule has 0 bridgehead atoms. The molecule has 0 aliphatic heterocycles. The number of benzene rings is 3. The maximum Gasteiger partial charge on any atom is 0.298 e. The van der Waals surface area contributed by atoms with Crippen molar-refractivity contribution in [3.63, 3.8) is 0 Å². The third-order valence-electron chi connectivity index (χ3n) is 5.87. The standard InChI is InChI=1S/C22H19N3O8S2/c1-9-5-6-10(7-11(9)8-23)14-16-17(19(25)22(18(14)24)35(31,32)33)21(27)15-12(20(16)26)3-2-4-13(15)34(28,29)30/h2-7H,8,23-25H2,1H3,(H,28,29,30)(H,31,32,33). The highest BCUT2D eigenvalue weighted by molar-refractivity contribution is 7.86. The molecule has 3 aromatic rings. The monoisotopic (exact) mass is 517 g/mol. The van der Waals surface area contributed by atoms with Crippen LogP contribution in [0.5, 0.6) is 0 Å². The van der Waals surface area contributed by atoms with E-state index in [0.717, 1.165) is 17.7 Å². The fourth-order valence-corrected chi connectivity index (χ4v) is 5.75. The maximum atomic E-state index is 13.6. The molecule has 3 aromatic carbocycles. The average Bonchev–Trinajstić information content (AvgIpc) is 2.75. The van der Waals surface area contributed by atoms with Crippen LogP contribution in [0.1, 0.15) is 43.0 Å². The van der Waals surface area contributed by atoms with Gasteiger partial charge in [0.25, 0.3) is 20.2 Å². The van der Waals surface area contributed by atoms with E-state index in [9.17, 15) is 35.5 Å². The highest BCUT2D eigenvalue weighted by Crippen LogP contribution is 2.46. The first-order chi connectivity index (χ1) is 16.2. The Labute approximate surface area is 200 Å². The number of nitrogens with two attached hydrogens (primary N) is 3. The summed E-state index contributed by atoms with van der Waals surface area (Å²) < 4.78 is 67.8. The zero-order chi connectivity index (χ0) is 26.0. The predicted molar refractivity (Wildman–Crippen MR) is 126 cm³/mol. The summed E-state index contributed by atoms with van der Waals surface area (Å²) in [6, 6.07) is 7.97. The Bertz CT molecular complexity index is 1690. The molecule has 4 rings (SSSR count). The zero-order valence-corrected chi connectivity index (χ0v) is 19.7. The molecule has 13 heteroatoms. The third kappa shape index (κ3) is 3.69. The van der Waals surface area contributed by atoms with E-state index < -0.39 is 64.1 Å². The van der Waals surface area contributed by atoms with Gasteiger partial charge in [-0.3, -0.25) is 18.7 Å². The number of fused-ring (bicyclic) bond motifs is 2. The van der Waals surface area contributed by atoms with Gasteiger partial charge in [0.15, 0.2) is 11.6 Å². The second-order valence-electron chi connectivity index (χ2n) is 7.91. The van der Waals surface area contributed by atoms with Crippen LogP contribution in [0.2, 0.25) is 0 Å². The van der Waals surface area contributed by atoms with Crippen molar-refractivity contribution in [3.8, 4) is 11.1 Å². The molecule has 0 spiro atoms. The van der Waals surface area contributed by atoms with Gasteiger partial charge < -0.3 is 17.2 Å². The molecular formula is C22H19N3O8S2. The van der Waals surface area contributed by atoms with Crippen LogP contribution >= 0.6 is 0 Å². The summed E-state index contributed by atoms with van der Waals surface area (Å²) >= 11 is 0. The summed E-state index contributed by atoms with van der Waals surface area (Å²) in [6.45, 7) is 1.87. The lowest BCUT2D eigenvalue weighted by molar-refractivity contribution is 0.0977. The van der Waals surface area contributed by atoms with Crippen LogP contribution in [0.3, 0.4) is 0 Å². The highest BCUT2D eigenvalue weighted by atomic mass is 32.2. The lowest BCUT2D eigenvalue weighted by atomic mass is 9.78. The number of hydrogen-bond donors (Lipinski definition) is 5. The summed E-state index contributed by atoms with van der Waals surface area (Å²) in [4.78, 5) is 25.3.